The van der Waals surface area contributed by atoms with Crippen molar-refractivity contribution in [3.8, 4) is 0 Å². The number of carbonyl (C=O) groups is 1. The van der Waals surface area contributed by atoms with E-state index in [0.717, 1.165) is 23.7 Å². The van der Waals surface area contributed by atoms with Gasteiger partial charge in [0.05, 0.1) is 17.1 Å². The first-order valence-corrected chi connectivity index (χ1v) is 7.00. The molecule has 1 atom stereocenters. The Hall–Kier alpha value is -0.940. The van der Waals surface area contributed by atoms with Crippen molar-refractivity contribution in [1.29, 1.82) is 0 Å². The van der Waals surface area contributed by atoms with Gasteiger partial charge in [-0.2, -0.15) is 0 Å². The molecule has 2 rings (SSSR count). The first-order valence-electron chi connectivity index (χ1n) is 6.12. The number of hydrogen-bond acceptors (Lipinski definition) is 4. The third-order valence-electron chi connectivity index (χ3n) is 3.03. The SMILES string of the molecule is O=C(O)CCc1csc(CC2CCCCN2)n1. The topological polar surface area (TPSA) is 62.2 Å². The van der Waals surface area contributed by atoms with Crippen LogP contribution in [0.25, 0.3) is 0 Å². The Balaban J connectivity index is 1.82. The lowest BCUT2D eigenvalue weighted by Gasteiger charge is -2.22. The average molecular weight is 254 g/mol. The van der Waals surface area contributed by atoms with E-state index in [4.69, 9.17) is 5.11 Å². The highest BCUT2D eigenvalue weighted by atomic mass is 32.1. The number of nitrogens with one attached hydrogen (secondary N) is 1. The molecule has 0 amide bonds. The van der Waals surface area contributed by atoms with Crippen LogP contribution < -0.4 is 5.32 Å². The van der Waals surface area contributed by atoms with Crippen LogP contribution in [-0.2, 0) is 17.6 Å². The predicted molar refractivity (Wildman–Crippen MR) is 67.4 cm³/mol. The minimum atomic E-state index is -0.756. The molecule has 1 fully saturated rings. The lowest BCUT2D eigenvalue weighted by atomic mass is 10.0. The van der Waals surface area contributed by atoms with Crippen LogP contribution in [-0.4, -0.2) is 28.6 Å². The molecule has 1 unspecified atom stereocenters. The minimum absolute atomic E-state index is 0.171. The zero-order valence-electron chi connectivity index (χ0n) is 9.82. The number of rotatable bonds is 5. The van der Waals surface area contributed by atoms with E-state index >= 15 is 0 Å². The normalized spacial score (nSPS) is 20.4. The molecule has 0 aromatic carbocycles. The van der Waals surface area contributed by atoms with Crippen LogP contribution in [0.15, 0.2) is 5.38 Å². The maximum Gasteiger partial charge on any atom is 0.303 e. The summed E-state index contributed by atoms with van der Waals surface area (Å²) in [4.78, 5) is 15.0. The molecule has 4 nitrogen and oxygen atoms in total. The van der Waals surface area contributed by atoms with Gasteiger partial charge in [-0.1, -0.05) is 6.42 Å². The summed E-state index contributed by atoms with van der Waals surface area (Å²) < 4.78 is 0. The van der Waals surface area contributed by atoms with Crippen molar-refractivity contribution in [2.45, 2.75) is 44.6 Å². The summed E-state index contributed by atoms with van der Waals surface area (Å²) >= 11 is 1.65. The number of thiazole rings is 1. The van der Waals surface area contributed by atoms with E-state index in [1.807, 2.05) is 5.38 Å². The average Bonchev–Trinajstić information content (AvgIpc) is 2.75. The number of carboxylic acid groups (broad SMARTS) is 1. The smallest absolute Gasteiger partial charge is 0.303 e. The van der Waals surface area contributed by atoms with Crippen LogP contribution in [0, 0.1) is 0 Å². The first kappa shape index (κ1) is 12.5. The number of hydrogen-bond donors (Lipinski definition) is 2. The second-order valence-corrected chi connectivity index (χ2v) is 5.42. The fraction of sp³-hybridized carbons (Fsp3) is 0.667. The van der Waals surface area contributed by atoms with E-state index in [1.54, 1.807) is 11.3 Å². The van der Waals surface area contributed by atoms with E-state index in [0.29, 0.717) is 12.5 Å². The molecule has 17 heavy (non-hydrogen) atoms. The quantitative estimate of drug-likeness (QED) is 0.841. The minimum Gasteiger partial charge on any atom is -0.481 e. The van der Waals surface area contributed by atoms with E-state index in [1.165, 1.54) is 19.3 Å². The monoisotopic (exact) mass is 254 g/mol. The third-order valence-corrected chi connectivity index (χ3v) is 3.95. The molecular formula is C12H18N2O2S. The molecule has 1 aliphatic heterocycles. The van der Waals surface area contributed by atoms with Gasteiger partial charge in [-0.3, -0.25) is 4.79 Å². The van der Waals surface area contributed by atoms with Crippen LogP contribution in [0.3, 0.4) is 0 Å². The first-order chi connectivity index (χ1) is 8.24. The molecule has 5 heteroatoms. The van der Waals surface area contributed by atoms with Crippen molar-refractivity contribution < 1.29 is 9.90 Å². The summed E-state index contributed by atoms with van der Waals surface area (Å²) in [5, 5.41) is 15.2. The Morgan fingerprint density at radius 1 is 1.59 bits per heavy atom. The van der Waals surface area contributed by atoms with E-state index in [2.05, 4.69) is 10.3 Å². The molecule has 0 spiro atoms. The van der Waals surface area contributed by atoms with Gasteiger partial charge in [0.15, 0.2) is 0 Å². The molecule has 2 N–H and O–H groups in total. The zero-order valence-corrected chi connectivity index (χ0v) is 10.6. The van der Waals surface area contributed by atoms with Gasteiger partial charge in [0, 0.05) is 24.3 Å². The van der Waals surface area contributed by atoms with Crippen molar-refractivity contribution in [3.05, 3.63) is 16.1 Å². The van der Waals surface area contributed by atoms with E-state index in [-0.39, 0.29) is 6.42 Å². The lowest BCUT2D eigenvalue weighted by Crippen LogP contribution is -2.35. The number of aliphatic carboxylic acids is 1. The van der Waals surface area contributed by atoms with Gasteiger partial charge in [-0.05, 0) is 19.4 Å². The van der Waals surface area contributed by atoms with Crippen LogP contribution in [0.2, 0.25) is 0 Å². The molecule has 0 saturated carbocycles. The van der Waals surface area contributed by atoms with Crippen LogP contribution in [0.5, 0.6) is 0 Å². The van der Waals surface area contributed by atoms with E-state index < -0.39 is 5.97 Å². The van der Waals surface area contributed by atoms with Crippen LogP contribution >= 0.6 is 11.3 Å². The summed E-state index contributed by atoms with van der Waals surface area (Å²) in [6.07, 6.45) is 5.50. The molecule has 1 aromatic heterocycles. The van der Waals surface area contributed by atoms with E-state index in [9.17, 15) is 4.79 Å². The van der Waals surface area contributed by atoms with Gasteiger partial charge in [-0.15, -0.1) is 11.3 Å². The Bertz CT molecular complexity index is 372. The van der Waals surface area contributed by atoms with Gasteiger partial charge in [-0.25, -0.2) is 4.98 Å². The Kier molecular flexibility index (Phi) is 4.50. The predicted octanol–water partition coefficient (Wildman–Crippen LogP) is 1.84. The number of nitrogens with zero attached hydrogens (tertiary/aromatic N) is 1. The van der Waals surface area contributed by atoms with Gasteiger partial charge in [0.1, 0.15) is 0 Å². The molecule has 94 valence electrons. The van der Waals surface area contributed by atoms with Crippen molar-refractivity contribution in [3.63, 3.8) is 0 Å². The molecule has 1 aromatic rings. The van der Waals surface area contributed by atoms with Crippen molar-refractivity contribution >= 4 is 17.3 Å². The summed E-state index contributed by atoms with van der Waals surface area (Å²) in [5.41, 5.74) is 0.920. The highest BCUT2D eigenvalue weighted by Gasteiger charge is 2.15. The number of aromatic nitrogens is 1. The Morgan fingerprint density at radius 3 is 3.18 bits per heavy atom. The highest BCUT2D eigenvalue weighted by molar-refractivity contribution is 7.09. The van der Waals surface area contributed by atoms with Crippen molar-refractivity contribution in [2.75, 3.05) is 6.54 Å². The maximum atomic E-state index is 10.5. The van der Waals surface area contributed by atoms with Crippen molar-refractivity contribution in [1.82, 2.24) is 10.3 Å². The van der Waals surface area contributed by atoms with Crippen LogP contribution in [0.1, 0.15) is 36.4 Å². The molecule has 0 aliphatic carbocycles. The number of carboxylic acids is 1. The summed E-state index contributed by atoms with van der Waals surface area (Å²) in [7, 11) is 0. The van der Waals surface area contributed by atoms with Crippen LogP contribution in [0.4, 0.5) is 0 Å². The maximum absolute atomic E-state index is 10.5. The summed E-state index contributed by atoms with van der Waals surface area (Å²) in [6.45, 7) is 1.11. The standard InChI is InChI=1S/C12H18N2O2S/c15-12(16)5-4-10-8-17-11(14-10)7-9-3-1-2-6-13-9/h8-9,13H,1-7H2,(H,15,16). The number of aryl methyl sites for hydroxylation is 1. The third kappa shape index (κ3) is 4.09. The zero-order chi connectivity index (χ0) is 12.1. The lowest BCUT2D eigenvalue weighted by molar-refractivity contribution is -0.136. The Labute approximate surface area is 105 Å². The molecule has 1 saturated heterocycles. The fourth-order valence-corrected chi connectivity index (χ4v) is 3.01. The van der Waals surface area contributed by atoms with Gasteiger partial charge < -0.3 is 10.4 Å². The van der Waals surface area contributed by atoms with Gasteiger partial charge in [0.2, 0.25) is 0 Å². The molecule has 0 bridgehead atoms. The Morgan fingerprint density at radius 2 is 2.47 bits per heavy atom. The molecule has 2 heterocycles. The van der Waals surface area contributed by atoms with Gasteiger partial charge in [0.25, 0.3) is 0 Å². The largest absolute Gasteiger partial charge is 0.481 e. The molecule has 1 aliphatic rings. The second-order valence-electron chi connectivity index (χ2n) is 4.48. The summed E-state index contributed by atoms with van der Waals surface area (Å²) in [6, 6.07) is 0.558. The second kappa shape index (κ2) is 6.12. The molecular weight excluding hydrogens is 236 g/mol. The summed E-state index contributed by atoms with van der Waals surface area (Å²) in [5.74, 6) is -0.756. The van der Waals surface area contributed by atoms with Gasteiger partial charge >= 0.3 is 5.97 Å². The fourth-order valence-electron chi connectivity index (χ4n) is 2.10. The highest BCUT2D eigenvalue weighted by Crippen LogP contribution is 2.17. The van der Waals surface area contributed by atoms with Crippen molar-refractivity contribution in [2.24, 2.45) is 0 Å². The number of piperidine rings is 1. The molecule has 0 radical (unpaired) electrons.